The minimum atomic E-state index is 0.571. The van der Waals surface area contributed by atoms with Crippen LogP contribution in [0.15, 0.2) is 18.5 Å². The van der Waals surface area contributed by atoms with Crippen LogP contribution in [0.2, 0.25) is 0 Å². The highest BCUT2D eigenvalue weighted by Gasteiger charge is 2.41. The number of nitrogen functional groups attached to an aromatic ring is 1. The molecule has 2 aromatic heterocycles. The fourth-order valence-corrected chi connectivity index (χ4v) is 3.85. The Morgan fingerprint density at radius 3 is 3.00 bits per heavy atom. The van der Waals surface area contributed by atoms with Crippen LogP contribution in [0.25, 0.3) is 11.0 Å². The molecule has 4 nitrogen and oxygen atoms in total. The van der Waals surface area contributed by atoms with Crippen molar-refractivity contribution in [3.8, 4) is 0 Å². The summed E-state index contributed by atoms with van der Waals surface area (Å²) in [7, 11) is 0. The molecule has 0 spiro atoms. The molecule has 17 heavy (non-hydrogen) atoms. The molecule has 2 heterocycles. The zero-order chi connectivity index (χ0) is 11.4. The van der Waals surface area contributed by atoms with Crippen LogP contribution in [0.1, 0.15) is 31.7 Å². The Balaban J connectivity index is 1.87. The molecule has 0 amide bonds. The Morgan fingerprint density at radius 2 is 2.24 bits per heavy atom. The van der Waals surface area contributed by atoms with Crippen molar-refractivity contribution in [1.29, 1.82) is 0 Å². The molecule has 3 unspecified atom stereocenters. The maximum absolute atomic E-state index is 6.09. The number of nitrogens with zero attached hydrogens (tertiary/aromatic N) is 3. The van der Waals surface area contributed by atoms with E-state index in [1.165, 1.54) is 25.7 Å². The average molecular weight is 228 g/mol. The Morgan fingerprint density at radius 1 is 1.29 bits per heavy atom. The highest BCUT2D eigenvalue weighted by Crippen LogP contribution is 2.51. The molecule has 4 heteroatoms. The first-order valence-corrected chi connectivity index (χ1v) is 6.40. The predicted octanol–water partition coefficient (Wildman–Crippen LogP) is 2.37. The van der Waals surface area contributed by atoms with Gasteiger partial charge in [0.15, 0.2) is 0 Å². The molecule has 4 rings (SSSR count). The van der Waals surface area contributed by atoms with Crippen molar-refractivity contribution in [3.63, 3.8) is 0 Å². The first-order chi connectivity index (χ1) is 8.33. The maximum Gasteiger partial charge on any atom is 0.201 e. The molecule has 0 aliphatic heterocycles. The van der Waals surface area contributed by atoms with Gasteiger partial charge in [0.05, 0.1) is 11.7 Å². The van der Waals surface area contributed by atoms with Crippen LogP contribution in [-0.2, 0) is 0 Å². The monoisotopic (exact) mass is 228 g/mol. The summed E-state index contributed by atoms with van der Waals surface area (Å²) in [5, 5.41) is 0. The molecule has 88 valence electrons. The van der Waals surface area contributed by atoms with Gasteiger partial charge >= 0.3 is 0 Å². The lowest BCUT2D eigenvalue weighted by molar-refractivity contribution is 0.339. The zero-order valence-corrected chi connectivity index (χ0v) is 9.71. The number of pyridine rings is 1. The van der Waals surface area contributed by atoms with Crippen molar-refractivity contribution in [2.75, 3.05) is 5.73 Å². The first-order valence-electron chi connectivity index (χ1n) is 6.40. The Labute approximate surface area is 99.9 Å². The molecule has 2 fully saturated rings. The van der Waals surface area contributed by atoms with Crippen molar-refractivity contribution in [1.82, 2.24) is 14.5 Å². The van der Waals surface area contributed by atoms with E-state index in [9.17, 15) is 0 Å². The third-order valence-electron chi connectivity index (χ3n) is 4.55. The van der Waals surface area contributed by atoms with Gasteiger partial charge in [-0.2, -0.15) is 0 Å². The fourth-order valence-electron chi connectivity index (χ4n) is 3.85. The first kappa shape index (κ1) is 9.45. The maximum atomic E-state index is 6.09. The second-order valence-corrected chi connectivity index (χ2v) is 5.45. The summed E-state index contributed by atoms with van der Waals surface area (Å²) < 4.78 is 2.25. The summed E-state index contributed by atoms with van der Waals surface area (Å²) in [5.41, 5.74) is 8.16. The average Bonchev–Trinajstić information content (AvgIpc) is 2.99. The van der Waals surface area contributed by atoms with Crippen LogP contribution in [0.4, 0.5) is 5.95 Å². The number of imidazole rings is 1. The van der Waals surface area contributed by atoms with E-state index in [1.54, 1.807) is 6.20 Å². The topological polar surface area (TPSA) is 56.7 Å². The van der Waals surface area contributed by atoms with Crippen molar-refractivity contribution < 1.29 is 0 Å². The summed E-state index contributed by atoms with van der Waals surface area (Å²) in [5.74, 6) is 2.39. The van der Waals surface area contributed by atoms with E-state index in [-0.39, 0.29) is 0 Å². The van der Waals surface area contributed by atoms with Gasteiger partial charge in [0.25, 0.3) is 0 Å². The lowest BCUT2D eigenvalue weighted by Gasteiger charge is -2.24. The minimum absolute atomic E-state index is 0.571. The molecule has 2 aliphatic carbocycles. The van der Waals surface area contributed by atoms with Crippen LogP contribution in [0.3, 0.4) is 0 Å². The second-order valence-electron chi connectivity index (χ2n) is 5.45. The van der Waals surface area contributed by atoms with Crippen LogP contribution in [-0.4, -0.2) is 14.5 Å². The summed E-state index contributed by atoms with van der Waals surface area (Å²) in [6.45, 7) is 0. The molecular formula is C13H16N4. The smallest absolute Gasteiger partial charge is 0.201 e. The molecular weight excluding hydrogens is 212 g/mol. The van der Waals surface area contributed by atoms with Gasteiger partial charge in [-0.25, -0.2) is 4.98 Å². The van der Waals surface area contributed by atoms with Crippen LogP contribution < -0.4 is 5.73 Å². The van der Waals surface area contributed by atoms with Gasteiger partial charge in [0, 0.05) is 12.2 Å². The van der Waals surface area contributed by atoms with E-state index < -0.39 is 0 Å². The standard InChI is InChI=1S/C13H16N4/c14-13-16-10-7-15-4-3-11(10)17(13)12-6-8-1-2-9(12)5-8/h3-4,7-9,12H,1-2,5-6H2,(H2,14,16). The molecule has 0 aromatic carbocycles. The lowest BCUT2D eigenvalue weighted by atomic mass is 9.95. The van der Waals surface area contributed by atoms with Crippen molar-refractivity contribution in [2.45, 2.75) is 31.7 Å². The van der Waals surface area contributed by atoms with Gasteiger partial charge in [0.1, 0.15) is 5.52 Å². The normalized spacial score (nSPS) is 31.4. The molecule has 3 atom stereocenters. The lowest BCUT2D eigenvalue weighted by Crippen LogP contribution is -2.17. The summed E-state index contributed by atoms with van der Waals surface area (Å²) in [6, 6.07) is 2.60. The van der Waals surface area contributed by atoms with Crippen molar-refractivity contribution >= 4 is 17.0 Å². The molecule has 2 saturated carbocycles. The van der Waals surface area contributed by atoms with Crippen LogP contribution in [0, 0.1) is 11.8 Å². The largest absolute Gasteiger partial charge is 0.369 e. The fraction of sp³-hybridized carbons (Fsp3) is 0.538. The number of aromatic nitrogens is 3. The number of anilines is 1. The number of rotatable bonds is 1. The third-order valence-corrected chi connectivity index (χ3v) is 4.55. The summed E-state index contributed by atoms with van der Waals surface area (Å²) in [4.78, 5) is 8.53. The Hall–Kier alpha value is -1.58. The van der Waals surface area contributed by atoms with E-state index in [0.717, 1.165) is 22.9 Å². The SMILES string of the molecule is Nc1nc2cnccc2n1C1CC2CCC1C2. The molecule has 0 radical (unpaired) electrons. The van der Waals surface area contributed by atoms with E-state index >= 15 is 0 Å². The number of hydrogen-bond donors (Lipinski definition) is 1. The molecule has 2 N–H and O–H groups in total. The van der Waals surface area contributed by atoms with E-state index in [2.05, 4.69) is 14.5 Å². The van der Waals surface area contributed by atoms with Gasteiger partial charge in [-0.05, 0) is 37.2 Å². The van der Waals surface area contributed by atoms with Gasteiger partial charge in [0.2, 0.25) is 5.95 Å². The van der Waals surface area contributed by atoms with Gasteiger partial charge < -0.3 is 10.3 Å². The van der Waals surface area contributed by atoms with E-state index in [1.807, 2.05) is 12.3 Å². The molecule has 2 bridgehead atoms. The van der Waals surface area contributed by atoms with E-state index in [4.69, 9.17) is 5.73 Å². The number of fused-ring (bicyclic) bond motifs is 3. The molecule has 2 aliphatic rings. The quantitative estimate of drug-likeness (QED) is 0.815. The Bertz CT molecular complexity index is 574. The second kappa shape index (κ2) is 3.22. The third kappa shape index (κ3) is 1.24. The van der Waals surface area contributed by atoms with Gasteiger partial charge in [-0.15, -0.1) is 0 Å². The highest BCUT2D eigenvalue weighted by molar-refractivity contribution is 5.77. The van der Waals surface area contributed by atoms with Crippen LogP contribution in [0.5, 0.6) is 0 Å². The van der Waals surface area contributed by atoms with Crippen molar-refractivity contribution in [2.24, 2.45) is 11.8 Å². The zero-order valence-electron chi connectivity index (χ0n) is 9.71. The predicted molar refractivity (Wildman–Crippen MR) is 66.4 cm³/mol. The van der Waals surface area contributed by atoms with Crippen molar-refractivity contribution in [3.05, 3.63) is 18.5 Å². The van der Waals surface area contributed by atoms with Crippen LogP contribution >= 0.6 is 0 Å². The van der Waals surface area contributed by atoms with E-state index in [0.29, 0.717) is 12.0 Å². The summed E-state index contributed by atoms with van der Waals surface area (Å²) in [6.07, 6.45) is 9.06. The number of hydrogen-bond acceptors (Lipinski definition) is 3. The summed E-state index contributed by atoms with van der Waals surface area (Å²) >= 11 is 0. The minimum Gasteiger partial charge on any atom is -0.369 e. The molecule has 0 saturated heterocycles. The molecule has 2 aromatic rings. The van der Waals surface area contributed by atoms with Gasteiger partial charge in [-0.1, -0.05) is 6.42 Å². The van der Waals surface area contributed by atoms with Gasteiger partial charge in [-0.3, -0.25) is 4.98 Å². The number of nitrogens with two attached hydrogens (primary N) is 1. The Kier molecular flexibility index (Phi) is 1.79. The highest BCUT2D eigenvalue weighted by atomic mass is 15.2.